The highest BCUT2D eigenvalue weighted by Gasteiger charge is 2.21. The Morgan fingerprint density at radius 1 is 0.415 bits per heavy atom. The van der Waals surface area contributed by atoms with Crippen LogP contribution in [0.3, 0.4) is 0 Å². The number of rotatable bonds is 3. The van der Waals surface area contributed by atoms with E-state index >= 15 is 0 Å². The molecule has 2 nitrogen and oxygen atoms in total. The summed E-state index contributed by atoms with van der Waals surface area (Å²) in [6.07, 6.45) is 0. The molecule has 0 aliphatic heterocycles. The molecule has 0 unspecified atom stereocenters. The largest absolute Gasteiger partial charge is 0.455 e. The van der Waals surface area contributed by atoms with Crippen molar-refractivity contribution in [2.45, 2.75) is 20.8 Å². The highest BCUT2D eigenvalue weighted by molar-refractivity contribution is 6.18. The summed E-state index contributed by atoms with van der Waals surface area (Å²) in [4.78, 5) is 0. The molecule has 0 fully saturated rings. The molecule has 2 aromatic heterocycles. The first-order valence-electron chi connectivity index (χ1n) is 14.1. The van der Waals surface area contributed by atoms with Crippen molar-refractivity contribution in [2.24, 2.45) is 0 Å². The Hall–Kier alpha value is -5.08. The number of benzene rings is 6. The minimum atomic E-state index is 0.902. The van der Waals surface area contributed by atoms with Crippen LogP contribution in [0.2, 0.25) is 0 Å². The minimum absolute atomic E-state index is 0.902. The van der Waals surface area contributed by atoms with Gasteiger partial charge in [0.15, 0.2) is 0 Å². The quantitative estimate of drug-likeness (QED) is 0.228. The number of hydrogen-bond acceptors (Lipinski definition) is 2. The molecular formula is C39H28O2. The molecule has 0 atom stereocenters. The van der Waals surface area contributed by atoms with E-state index in [-0.39, 0.29) is 0 Å². The zero-order valence-electron chi connectivity index (χ0n) is 23.3. The molecule has 0 aliphatic carbocycles. The van der Waals surface area contributed by atoms with E-state index in [2.05, 4.69) is 136 Å². The maximum Gasteiger partial charge on any atom is 0.143 e. The number of fused-ring (bicyclic) bond motifs is 6. The predicted octanol–water partition coefficient (Wildman–Crippen LogP) is 11.4. The summed E-state index contributed by atoms with van der Waals surface area (Å²) in [6.45, 7) is 6.39. The van der Waals surface area contributed by atoms with Gasteiger partial charge in [-0.25, -0.2) is 0 Å². The predicted molar refractivity (Wildman–Crippen MR) is 172 cm³/mol. The van der Waals surface area contributed by atoms with E-state index in [1.54, 1.807) is 0 Å². The lowest BCUT2D eigenvalue weighted by Gasteiger charge is -2.12. The Morgan fingerprint density at radius 3 is 2.05 bits per heavy atom. The first-order valence-corrected chi connectivity index (χ1v) is 14.1. The fraction of sp³-hybridized carbons (Fsp3) is 0.0769. The number of furan rings is 2. The van der Waals surface area contributed by atoms with Gasteiger partial charge in [0, 0.05) is 32.7 Å². The van der Waals surface area contributed by atoms with Crippen molar-refractivity contribution in [2.75, 3.05) is 0 Å². The highest BCUT2D eigenvalue weighted by Crippen LogP contribution is 2.45. The van der Waals surface area contributed by atoms with Crippen molar-refractivity contribution in [3.63, 3.8) is 0 Å². The van der Waals surface area contributed by atoms with Gasteiger partial charge >= 0.3 is 0 Å². The molecule has 8 aromatic rings. The molecular weight excluding hydrogens is 500 g/mol. The topological polar surface area (TPSA) is 26.3 Å². The Kier molecular flexibility index (Phi) is 5.20. The molecule has 0 N–H and O–H groups in total. The van der Waals surface area contributed by atoms with Gasteiger partial charge in [-0.3, -0.25) is 0 Å². The van der Waals surface area contributed by atoms with E-state index in [1.807, 2.05) is 0 Å². The first-order chi connectivity index (χ1) is 20.0. The summed E-state index contributed by atoms with van der Waals surface area (Å²) in [6, 6.07) is 41.1. The first kappa shape index (κ1) is 23.8. The van der Waals surface area contributed by atoms with Crippen LogP contribution in [0.5, 0.6) is 0 Å². The van der Waals surface area contributed by atoms with Crippen LogP contribution >= 0.6 is 0 Å². The van der Waals surface area contributed by atoms with Crippen molar-refractivity contribution in [1.82, 2.24) is 0 Å². The molecule has 6 aromatic carbocycles. The third-order valence-corrected chi connectivity index (χ3v) is 8.29. The summed E-state index contributed by atoms with van der Waals surface area (Å²) >= 11 is 0. The van der Waals surface area contributed by atoms with Gasteiger partial charge < -0.3 is 8.83 Å². The molecule has 2 heteroatoms. The Balaban J connectivity index is 1.51. The second kappa shape index (κ2) is 8.97. The van der Waals surface area contributed by atoms with Crippen molar-refractivity contribution < 1.29 is 8.83 Å². The summed E-state index contributed by atoms with van der Waals surface area (Å²) in [5.74, 6) is 0. The molecule has 8 rings (SSSR count). The van der Waals surface area contributed by atoms with Crippen LogP contribution < -0.4 is 0 Å². The van der Waals surface area contributed by atoms with E-state index in [0.29, 0.717) is 0 Å². The molecule has 2 heterocycles. The number of aryl methyl sites for hydroxylation is 3. The molecule has 196 valence electrons. The second-order valence-electron chi connectivity index (χ2n) is 11.2. The fourth-order valence-corrected chi connectivity index (χ4v) is 6.30. The van der Waals surface area contributed by atoms with E-state index in [1.165, 1.54) is 11.1 Å². The van der Waals surface area contributed by atoms with Gasteiger partial charge in [-0.05, 0) is 78.9 Å². The van der Waals surface area contributed by atoms with E-state index in [0.717, 1.165) is 82.8 Å². The standard InChI is InChI=1S/C39H28O2/c1-23-9-7-13-27(19-23)32-21-28(22-33-31-14-8-10-25(3)37(31)41-38(32)33)29-16-17-30(26-11-5-4-6-12-26)39-36(29)34-20-24(2)15-18-35(34)40-39/h4-22H,1-3H3. The number of para-hydroxylation sites is 1. The third kappa shape index (κ3) is 3.72. The molecule has 0 saturated heterocycles. The van der Waals surface area contributed by atoms with Gasteiger partial charge in [-0.2, -0.15) is 0 Å². The molecule has 0 amide bonds. The van der Waals surface area contributed by atoms with Gasteiger partial charge in [-0.1, -0.05) is 96.1 Å². The van der Waals surface area contributed by atoms with Crippen LogP contribution in [-0.4, -0.2) is 0 Å². The van der Waals surface area contributed by atoms with Crippen molar-refractivity contribution in [3.05, 3.63) is 132 Å². The van der Waals surface area contributed by atoms with Crippen LogP contribution in [0.15, 0.2) is 124 Å². The van der Waals surface area contributed by atoms with Gasteiger partial charge in [-0.15, -0.1) is 0 Å². The number of hydrogen-bond donors (Lipinski definition) is 0. The zero-order chi connectivity index (χ0) is 27.7. The monoisotopic (exact) mass is 528 g/mol. The van der Waals surface area contributed by atoms with E-state index < -0.39 is 0 Å². The molecule has 0 saturated carbocycles. The Morgan fingerprint density at radius 2 is 1.20 bits per heavy atom. The summed E-state index contributed by atoms with van der Waals surface area (Å²) in [5.41, 5.74) is 14.1. The van der Waals surface area contributed by atoms with Gasteiger partial charge in [0.05, 0.1) is 0 Å². The van der Waals surface area contributed by atoms with Crippen LogP contribution in [0.25, 0.3) is 77.3 Å². The zero-order valence-corrected chi connectivity index (χ0v) is 23.3. The molecule has 0 bridgehead atoms. The lowest BCUT2D eigenvalue weighted by Crippen LogP contribution is -1.87. The average molecular weight is 529 g/mol. The maximum absolute atomic E-state index is 6.63. The normalized spacial score (nSPS) is 11.8. The maximum atomic E-state index is 6.63. The summed E-state index contributed by atoms with van der Waals surface area (Å²) < 4.78 is 13.2. The lowest BCUT2D eigenvalue weighted by molar-refractivity contribution is 0.667. The summed E-state index contributed by atoms with van der Waals surface area (Å²) in [5, 5.41) is 4.55. The smallest absolute Gasteiger partial charge is 0.143 e. The SMILES string of the molecule is Cc1cccc(-c2cc(-c3ccc(-c4ccccc4)c4oc5ccc(C)cc5c34)cc3c2oc2c(C)cccc23)c1. The highest BCUT2D eigenvalue weighted by atomic mass is 16.3. The average Bonchev–Trinajstić information content (AvgIpc) is 3.56. The van der Waals surface area contributed by atoms with Gasteiger partial charge in [0.25, 0.3) is 0 Å². The van der Waals surface area contributed by atoms with Crippen molar-refractivity contribution in [3.8, 4) is 33.4 Å². The minimum Gasteiger partial charge on any atom is -0.455 e. The Bertz CT molecular complexity index is 2280. The van der Waals surface area contributed by atoms with E-state index in [4.69, 9.17) is 8.83 Å². The summed E-state index contributed by atoms with van der Waals surface area (Å²) in [7, 11) is 0. The van der Waals surface area contributed by atoms with Crippen molar-refractivity contribution >= 4 is 43.9 Å². The molecule has 0 spiro atoms. The van der Waals surface area contributed by atoms with Crippen LogP contribution in [0.1, 0.15) is 16.7 Å². The molecule has 41 heavy (non-hydrogen) atoms. The van der Waals surface area contributed by atoms with E-state index in [9.17, 15) is 0 Å². The molecule has 0 aliphatic rings. The molecule has 0 radical (unpaired) electrons. The van der Waals surface area contributed by atoms with Crippen LogP contribution in [0, 0.1) is 20.8 Å². The van der Waals surface area contributed by atoms with Crippen LogP contribution in [0.4, 0.5) is 0 Å². The lowest BCUT2D eigenvalue weighted by atomic mass is 9.91. The fourth-order valence-electron chi connectivity index (χ4n) is 6.30. The van der Waals surface area contributed by atoms with Crippen molar-refractivity contribution in [1.29, 1.82) is 0 Å². The second-order valence-corrected chi connectivity index (χ2v) is 11.2. The Labute approximate surface area is 238 Å². The van der Waals surface area contributed by atoms with Gasteiger partial charge in [0.2, 0.25) is 0 Å². The van der Waals surface area contributed by atoms with Crippen LogP contribution in [-0.2, 0) is 0 Å². The van der Waals surface area contributed by atoms with Gasteiger partial charge in [0.1, 0.15) is 22.3 Å². The third-order valence-electron chi connectivity index (χ3n) is 8.29.